The lowest BCUT2D eigenvalue weighted by atomic mass is 9.54. The second-order valence-electron chi connectivity index (χ2n) is 13.7. The molecule has 3 aliphatic carbocycles. The van der Waals surface area contributed by atoms with E-state index in [1.165, 1.54) is 43.3 Å². The molecule has 0 spiro atoms. The molecule has 1 saturated heterocycles. The molecule has 0 unspecified atom stereocenters. The first kappa shape index (κ1) is 36.4. The highest BCUT2D eigenvalue weighted by molar-refractivity contribution is 6.24. The average Bonchev–Trinajstić information content (AvgIpc) is 3.02. The summed E-state index contributed by atoms with van der Waals surface area (Å²) in [5.74, 6) is -10.6. The van der Waals surface area contributed by atoms with Crippen molar-refractivity contribution in [2.75, 3.05) is 47.2 Å². The fraction of sp³-hybridized carbons (Fsp3) is 0.576. The summed E-state index contributed by atoms with van der Waals surface area (Å²) in [4.78, 5) is 61.8. The number of primary amides is 1. The molecule has 2 amide bonds. The molecule has 0 aromatic heterocycles. The van der Waals surface area contributed by atoms with E-state index in [9.17, 15) is 44.7 Å². The summed E-state index contributed by atoms with van der Waals surface area (Å²) in [6.45, 7) is 3.29. The Labute approximate surface area is 283 Å². The number of carbonyl (C=O) groups is 4. The van der Waals surface area contributed by atoms with Gasteiger partial charge in [0.25, 0.3) is 5.91 Å². The number of nitrogens with one attached hydrogen (secondary N) is 1. The first-order chi connectivity index (χ1) is 22.9. The highest BCUT2D eigenvalue weighted by Gasteiger charge is 2.68. The Morgan fingerprint density at radius 3 is 2.29 bits per heavy atom. The molecular weight excluding hydrogens is 642 g/mol. The molecule has 268 valence electrons. The van der Waals surface area contributed by atoms with E-state index >= 15 is 0 Å². The number of nitrogens with two attached hydrogens (primary N) is 1. The van der Waals surface area contributed by atoms with Gasteiger partial charge >= 0.3 is 0 Å². The minimum atomic E-state index is -3.03. The molecule has 8 N–H and O–H groups in total. The van der Waals surface area contributed by atoms with Gasteiger partial charge in [-0.3, -0.25) is 28.9 Å². The van der Waals surface area contributed by atoms with Crippen LogP contribution in [0.3, 0.4) is 0 Å². The SMILES string of the molecule is CON(CC(=O)Nc1ccc2c(c1O)C(O)=C1C(=O)[C@]3(O)C(O)=C(C(N)=O)C(=O)[C@@H](N(C)C)[C@@H]3[C@@H](O)[C@@H]1[C@H]2C)[C@H]1CC[C@H](N(C)C)[C@@H](C)O1. The number of amides is 2. The van der Waals surface area contributed by atoms with Crippen LogP contribution in [0.2, 0.25) is 0 Å². The number of Topliss-reactive ketones (excluding diaryl/α,β-unsaturated/α-hetero) is 2. The van der Waals surface area contributed by atoms with Gasteiger partial charge in [0.2, 0.25) is 11.7 Å². The number of likely N-dealkylation sites (N-methyl/N-ethyl adjacent to an activating group) is 2. The molecule has 1 heterocycles. The molecular formula is C33H45N5O11. The molecule has 0 bridgehead atoms. The first-order valence-electron chi connectivity index (χ1n) is 16.0. The van der Waals surface area contributed by atoms with Crippen LogP contribution in [0.5, 0.6) is 5.75 Å². The number of fused-ring (bicyclic) bond motifs is 3. The van der Waals surface area contributed by atoms with Gasteiger partial charge in [-0.25, -0.2) is 0 Å². The molecule has 49 heavy (non-hydrogen) atoms. The Balaban J connectivity index is 1.49. The van der Waals surface area contributed by atoms with Gasteiger partial charge < -0.3 is 46.2 Å². The predicted octanol–water partition coefficient (Wildman–Crippen LogP) is -0.247. The largest absolute Gasteiger partial charge is 0.508 e. The van der Waals surface area contributed by atoms with E-state index in [2.05, 4.69) is 10.2 Å². The summed E-state index contributed by atoms with van der Waals surface area (Å²) >= 11 is 0. The molecule has 1 aromatic rings. The van der Waals surface area contributed by atoms with Crippen molar-refractivity contribution < 1.29 is 54.3 Å². The number of hydroxylamine groups is 2. The molecule has 4 aliphatic rings. The van der Waals surface area contributed by atoms with Crippen LogP contribution in [0.1, 0.15) is 43.7 Å². The van der Waals surface area contributed by atoms with Crippen molar-refractivity contribution >= 4 is 34.8 Å². The molecule has 1 aromatic carbocycles. The number of rotatable bonds is 8. The number of carbonyl (C=O) groups excluding carboxylic acids is 4. The number of ether oxygens (including phenoxy) is 1. The number of benzene rings is 1. The van der Waals surface area contributed by atoms with Crippen LogP contribution in [0.15, 0.2) is 29.0 Å². The maximum absolute atomic E-state index is 14.2. The number of hydrogen-bond donors (Lipinski definition) is 7. The summed E-state index contributed by atoms with van der Waals surface area (Å²) < 4.78 is 6.11. The lowest BCUT2D eigenvalue weighted by Gasteiger charge is -2.53. The highest BCUT2D eigenvalue weighted by atomic mass is 16.7. The van der Waals surface area contributed by atoms with Crippen LogP contribution in [-0.4, -0.2) is 142 Å². The number of nitrogens with zero attached hydrogens (tertiary/aromatic N) is 3. The van der Waals surface area contributed by atoms with Crippen LogP contribution < -0.4 is 11.1 Å². The molecule has 16 nitrogen and oxygen atoms in total. The molecule has 1 aliphatic heterocycles. The molecule has 16 heteroatoms. The van der Waals surface area contributed by atoms with E-state index in [0.717, 1.165) is 6.42 Å². The van der Waals surface area contributed by atoms with Gasteiger partial charge in [0.05, 0.1) is 42.5 Å². The third kappa shape index (κ3) is 5.60. The summed E-state index contributed by atoms with van der Waals surface area (Å²) in [6.07, 6.45) is -0.938. The zero-order chi connectivity index (χ0) is 36.4. The Morgan fingerprint density at radius 2 is 1.73 bits per heavy atom. The molecule has 0 radical (unpaired) electrons. The first-order valence-corrected chi connectivity index (χ1v) is 16.0. The van der Waals surface area contributed by atoms with Crippen LogP contribution in [0.4, 0.5) is 5.69 Å². The Kier molecular flexibility index (Phi) is 9.72. The third-order valence-corrected chi connectivity index (χ3v) is 10.5. The summed E-state index contributed by atoms with van der Waals surface area (Å²) in [5.41, 5.74) is 0.764. The predicted molar refractivity (Wildman–Crippen MR) is 174 cm³/mol. The van der Waals surface area contributed by atoms with Gasteiger partial charge in [0.1, 0.15) is 35.6 Å². The van der Waals surface area contributed by atoms with Crippen molar-refractivity contribution in [1.29, 1.82) is 0 Å². The normalized spacial score (nSPS) is 33.1. The second kappa shape index (κ2) is 13.1. The lowest BCUT2D eigenvalue weighted by molar-refractivity contribution is -0.264. The number of aliphatic hydroxyl groups is 4. The highest BCUT2D eigenvalue weighted by Crippen LogP contribution is 2.56. The van der Waals surface area contributed by atoms with Gasteiger partial charge in [-0.2, -0.15) is 5.06 Å². The van der Waals surface area contributed by atoms with E-state index in [0.29, 0.717) is 12.0 Å². The van der Waals surface area contributed by atoms with Crippen molar-refractivity contribution in [3.63, 3.8) is 0 Å². The summed E-state index contributed by atoms with van der Waals surface area (Å²) in [5, 5.41) is 61.6. The van der Waals surface area contributed by atoms with Gasteiger partial charge in [-0.05, 0) is 65.5 Å². The molecule has 5 rings (SSSR count). The Bertz CT molecular complexity index is 1640. The van der Waals surface area contributed by atoms with Crippen molar-refractivity contribution in [3.05, 3.63) is 40.2 Å². The summed E-state index contributed by atoms with van der Waals surface area (Å²) in [7, 11) is 8.22. The van der Waals surface area contributed by atoms with Crippen LogP contribution in [-0.2, 0) is 28.8 Å². The zero-order valence-electron chi connectivity index (χ0n) is 28.5. The lowest BCUT2D eigenvalue weighted by Crippen LogP contribution is -2.70. The fourth-order valence-electron chi connectivity index (χ4n) is 8.18. The standard InChI is InChI=1S/C33H45N5O11/c1-13-15-8-9-16(35-18(39)12-38(48-7)19-11-10-17(36(3)4)14(2)49-19)26(40)21(15)27(41)22-20(13)28(42)24-25(37(5)6)29(43)23(32(34)46)31(45)33(24,47)30(22)44/h8-9,13-14,17,19-20,24-25,28,40-42,45,47H,10-12H2,1-7H3,(H2,34,46)(H,35,39)/t13-,14+,17-,19+,20+,24+,25-,28-,33-/m0/s1. The van der Waals surface area contributed by atoms with Crippen LogP contribution >= 0.6 is 0 Å². The maximum atomic E-state index is 14.2. The average molecular weight is 688 g/mol. The number of phenolic OH excluding ortho intramolecular Hbond substituents is 1. The second-order valence-corrected chi connectivity index (χ2v) is 13.7. The van der Waals surface area contributed by atoms with Gasteiger partial charge in [-0.15, -0.1) is 0 Å². The van der Waals surface area contributed by atoms with E-state index in [-0.39, 0.29) is 29.9 Å². The van der Waals surface area contributed by atoms with E-state index in [4.69, 9.17) is 15.3 Å². The quantitative estimate of drug-likeness (QED) is 0.106. The summed E-state index contributed by atoms with van der Waals surface area (Å²) in [6, 6.07) is 1.67. The van der Waals surface area contributed by atoms with E-state index in [1.54, 1.807) is 6.92 Å². The number of anilines is 1. The number of phenols is 1. The minimum Gasteiger partial charge on any atom is -0.508 e. The van der Waals surface area contributed by atoms with Crippen LogP contribution in [0.25, 0.3) is 5.76 Å². The zero-order valence-corrected chi connectivity index (χ0v) is 28.5. The maximum Gasteiger partial charge on any atom is 0.255 e. The number of hydrogen-bond acceptors (Lipinski definition) is 14. The molecule has 1 saturated carbocycles. The van der Waals surface area contributed by atoms with Crippen molar-refractivity contribution in [1.82, 2.24) is 14.9 Å². The number of aliphatic hydroxyl groups excluding tert-OH is 3. The topological polar surface area (TPSA) is 236 Å². The van der Waals surface area contributed by atoms with Crippen molar-refractivity contribution in [2.45, 2.75) is 68.7 Å². The minimum absolute atomic E-state index is 0.113. The Hall–Kier alpha value is -3.90. The van der Waals surface area contributed by atoms with E-state index in [1.807, 2.05) is 21.0 Å². The third-order valence-electron chi connectivity index (χ3n) is 10.5. The van der Waals surface area contributed by atoms with Crippen molar-refractivity contribution in [3.8, 4) is 5.75 Å². The number of ketones is 2. The van der Waals surface area contributed by atoms with Crippen LogP contribution in [0, 0.1) is 11.8 Å². The van der Waals surface area contributed by atoms with Gasteiger partial charge in [-0.1, -0.05) is 13.0 Å². The molecule has 9 atom stereocenters. The Morgan fingerprint density at radius 1 is 1.08 bits per heavy atom. The van der Waals surface area contributed by atoms with Gasteiger partial charge in [0, 0.05) is 17.5 Å². The fourth-order valence-corrected chi connectivity index (χ4v) is 8.18. The van der Waals surface area contributed by atoms with E-state index < -0.39 is 93.5 Å². The monoisotopic (exact) mass is 687 g/mol. The molecule has 2 fully saturated rings. The number of aromatic hydroxyl groups is 1. The van der Waals surface area contributed by atoms with Crippen molar-refractivity contribution in [2.24, 2.45) is 17.6 Å². The van der Waals surface area contributed by atoms with Gasteiger partial charge in [0.15, 0.2) is 11.4 Å². The smallest absolute Gasteiger partial charge is 0.255 e.